The number of hydrogen-bond donors (Lipinski definition) is 0. The van der Waals surface area contributed by atoms with Crippen LogP contribution in [0.15, 0.2) is 104 Å². The van der Waals surface area contributed by atoms with Crippen molar-refractivity contribution in [1.29, 1.82) is 0 Å². The molecule has 1 unspecified atom stereocenters. The Hall–Kier alpha value is -2.41. The Morgan fingerprint density at radius 2 is 1.20 bits per heavy atom. The first-order valence-electron chi connectivity index (χ1n) is 8.44. The molecule has 0 amide bonds. The molecule has 1 aliphatic heterocycles. The van der Waals surface area contributed by atoms with E-state index in [9.17, 15) is 4.57 Å². The lowest BCUT2D eigenvalue weighted by molar-refractivity contribution is 0.557. The first-order valence-corrected chi connectivity index (χ1v) is 10.1. The molecular weight excluding hydrogens is 325 g/mol. The molecule has 0 aliphatic carbocycles. The number of nitrogens with zero attached hydrogens (tertiary/aromatic N) is 1. The van der Waals surface area contributed by atoms with Crippen LogP contribution in [-0.4, -0.2) is 10.7 Å². The molecule has 3 aromatic rings. The molecule has 1 heterocycles. The van der Waals surface area contributed by atoms with Gasteiger partial charge in [0.05, 0.1) is 12.1 Å². The summed E-state index contributed by atoms with van der Waals surface area (Å²) in [6.45, 7) is 3.99. The van der Waals surface area contributed by atoms with Gasteiger partial charge in [-0.2, -0.15) is 0 Å². The summed E-state index contributed by atoms with van der Waals surface area (Å²) in [7, 11) is -2.92. The second kappa shape index (κ2) is 6.48. The van der Waals surface area contributed by atoms with Crippen molar-refractivity contribution in [3.63, 3.8) is 0 Å². The van der Waals surface area contributed by atoms with Crippen molar-refractivity contribution in [2.75, 3.05) is 0 Å². The number of rotatable bonds is 5. The van der Waals surface area contributed by atoms with Gasteiger partial charge in [0.2, 0.25) is 7.29 Å². The van der Waals surface area contributed by atoms with Crippen LogP contribution in [0.2, 0.25) is 0 Å². The SMILES string of the molecule is C=C[C@@H]1[C@@H](c2ccccc2)N1P(=O)(c1ccccc1)c1ccccc1. The van der Waals surface area contributed by atoms with Crippen LogP contribution in [0, 0.1) is 0 Å². The highest BCUT2D eigenvalue weighted by Gasteiger charge is 2.57. The maximum absolute atomic E-state index is 14.4. The average molecular weight is 345 g/mol. The molecule has 124 valence electrons. The quantitative estimate of drug-likeness (QED) is 0.385. The maximum atomic E-state index is 14.4. The molecule has 0 saturated carbocycles. The molecular formula is C22H20NOP. The van der Waals surface area contributed by atoms with E-state index in [2.05, 4.69) is 23.4 Å². The van der Waals surface area contributed by atoms with Gasteiger partial charge in [-0.05, 0) is 29.8 Å². The topological polar surface area (TPSA) is 20.1 Å². The normalized spacial score (nSPS) is 22.3. The molecule has 3 aromatic carbocycles. The van der Waals surface area contributed by atoms with E-state index in [0.29, 0.717) is 0 Å². The zero-order chi connectivity index (χ0) is 17.3. The Bertz CT molecular complexity index is 865. The zero-order valence-corrected chi connectivity index (χ0v) is 14.8. The molecule has 3 heteroatoms. The third kappa shape index (κ3) is 2.68. The van der Waals surface area contributed by atoms with Crippen molar-refractivity contribution in [1.82, 2.24) is 4.67 Å². The molecule has 1 aliphatic rings. The Morgan fingerprint density at radius 1 is 0.760 bits per heavy atom. The van der Waals surface area contributed by atoms with Crippen molar-refractivity contribution in [2.45, 2.75) is 12.1 Å². The molecule has 0 spiro atoms. The minimum absolute atomic E-state index is 0.0774. The molecule has 4 rings (SSSR count). The van der Waals surface area contributed by atoms with Crippen molar-refractivity contribution >= 4 is 17.9 Å². The largest absolute Gasteiger partial charge is 0.296 e. The van der Waals surface area contributed by atoms with E-state index in [1.54, 1.807) is 0 Å². The van der Waals surface area contributed by atoms with E-state index in [1.165, 1.54) is 5.56 Å². The second-order valence-corrected chi connectivity index (χ2v) is 8.86. The van der Waals surface area contributed by atoms with Crippen LogP contribution in [0.3, 0.4) is 0 Å². The summed E-state index contributed by atoms with van der Waals surface area (Å²) >= 11 is 0. The van der Waals surface area contributed by atoms with Gasteiger partial charge in [-0.25, -0.2) is 4.67 Å². The van der Waals surface area contributed by atoms with Crippen LogP contribution in [0.1, 0.15) is 11.6 Å². The van der Waals surface area contributed by atoms with Gasteiger partial charge in [0, 0.05) is 10.6 Å². The Balaban J connectivity index is 1.85. The Labute approximate surface area is 148 Å². The van der Waals surface area contributed by atoms with Crippen LogP contribution < -0.4 is 10.6 Å². The first-order chi connectivity index (χ1) is 12.3. The third-order valence-electron chi connectivity index (χ3n) is 4.74. The molecule has 3 atom stereocenters. The van der Waals surface area contributed by atoms with Crippen LogP contribution in [0.4, 0.5) is 0 Å². The fraction of sp³-hybridized carbons (Fsp3) is 0.0909. The Morgan fingerprint density at radius 3 is 1.64 bits per heavy atom. The van der Waals surface area contributed by atoms with E-state index in [0.717, 1.165) is 10.6 Å². The first kappa shape index (κ1) is 16.1. The van der Waals surface area contributed by atoms with Gasteiger partial charge in [-0.1, -0.05) is 72.8 Å². The van der Waals surface area contributed by atoms with Crippen LogP contribution in [-0.2, 0) is 4.57 Å². The predicted octanol–water partition coefficient (Wildman–Crippen LogP) is 4.53. The molecule has 0 N–H and O–H groups in total. The van der Waals surface area contributed by atoms with Crippen LogP contribution in [0.25, 0.3) is 0 Å². The summed E-state index contributed by atoms with van der Waals surface area (Å²) in [5.41, 5.74) is 1.18. The van der Waals surface area contributed by atoms with Gasteiger partial charge in [-0.3, -0.25) is 4.57 Å². The number of benzene rings is 3. The van der Waals surface area contributed by atoms with Gasteiger partial charge in [0.25, 0.3) is 0 Å². The van der Waals surface area contributed by atoms with Gasteiger partial charge >= 0.3 is 0 Å². The lowest BCUT2D eigenvalue weighted by Gasteiger charge is -2.22. The Kier molecular flexibility index (Phi) is 4.17. The highest BCUT2D eigenvalue weighted by Crippen LogP contribution is 2.64. The third-order valence-corrected chi connectivity index (χ3v) is 7.91. The summed E-state index contributed by atoms with van der Waals surface area (Å²) < 4.78 is 16.5. The molecule has 1 fully saturated rings. The van der Waals surface area contributed by atoms with Crippen molar-refractivity contribution in [3.8, 4) is 0 Å². The van der Waals surface area contributed by atoms with Crippen LogP contribution >= 0.6 is 7.29 Å². The standard InChI is InChI=1S/C22H20NOP/c1-2-21-22(18-12-6-3-7-13-18)23(21)25(24,19-14-8-4-9-15-19)20-16-10-5-11-17-20/h2-17,21-22H,1H2/t21-,22-,23?/m1/s1. The molecule has 0 aromatic heterocycles. The van der Waals surface area contributed by atoms with E-state index in [4.69, 9.17) is 0 Å². The summed E-state index contributed by atoms with van der Waals surface area (Å²) in [4.78, 5) is 0. The minimum atomic E-state index is -2.92. The fourth-order valence-corrected chi connectivity index (χ4v) is 6.65. The van der Waals surface area contributed by atoms with Gasteiger partial charge in [0.15, 0.2) is 0 Å². The fourth-order valence-electron chi connectivity index (χ4n) is 3.51. The van der Waals surface area contributed by atoms with Crippen molar-refractivity contribution in [2.24, 2.45) is 0 Å². The van der Waals surface area contributed by atoms with E-state index in [1.807, 2.05) is 84.9 Å². The van der Waals surface area contributed by atoms with Crippen molar-refractivity contribution < 1.29 is 4.57 Å². The highest BCUT2D eigenvalue weighted by molar-refractivity contribution is 7.76. The zero-order valence-electron chi connectivity index (χ0n) is 13.9. The predicted molar refractivity (Wildman–Crippen MR) is 105 cm³/mol. The smallest absolute Gasteiger partial charge is 0.208 e. The maximum Gasteiger partial charge on any atom is 0.208 e. The summed E-state index contributed by atoms with van der Waals surface area (Å²) in [6, 6.07) is 30.0. The average Bonchev–Trinajstić information content (AvgIpc) is 3.44. The monoisotopic (exact) mass is 345 g/mol. The molecule has 1 saturated heterocycles. The van der Waals surface area contributed by atoms with Gasteiger partial charge in [0.1, 0.15) is 0 Å². The second-order valence-electron chi connectivity index (χ2n) is 6.21. The molecule has 2 nitrogen and oxygen atoms in total. The number of hydrogen-bond acceptors (Lipinski definition) is 1. The van der Waals surface area contributed by atoms with Crippen molar-refractivity contribution in [3.05, 3.63) is 109 Å². The molecule has 25 heavy (non-hydrogen) atoms. The summed E-state index contributed by atoms with van der Waals surface area (Å²) in [6.07, 6.45) is 1.91. The lowest BCUT2D eigenvalue weighted by Crippen LogP contribution is -2.22. The molecule has 0 radical (unpaired) electrons. The summed E-state index contributed by atoms with van der Waals surface area (Å²) in [5, 5.41) is 1.73. The van der Waals surface area contributed by atoms with Crippen LogP contribution in [0.5, 0.6) is 0 Å². The van der Waals surface area contributed by atoms with Gasteiger partial charge < -0.3 is 0 Å². The highest BCUT2D eigenvalue weighted by atomic mass is 31.2. The van der Waals surface area contributed by atoms with E-state index < -0.39 is 7.29 Å². The lowest BCUT2D eigenvalue weighted by atomic mass is 10.1. The minimum Gasteiger partial charge on any atom is -0.296 e. The van der Waals surface area contributed by atoms with E-state index in [-0.39, 0.29) is 12.1 Å². The van der Waals surface area contributed by atoms with E-state index >= 15 is 0 Å². The van der Waals surface area contributed by atoms with Gasteiger partial charge in [-0.15, -0.1) is 6.58 Å². The molecule has 0 bridgehead atoms. The summed E-state index contributed by atoms with van der Waals surface area (Å²) in [5.74, 6) is 0.